The second-order valence-corrected chi connectivity index (χ2v) is 7.22. The van der Waals surface area contributed by atoms with Gasteiger partial charge < -0.3 is 15.0 Å². The van der Waals surface area contributed by atoms with Crippen LogP contribution in [0.3, 0.4) is 0 Å². The van der Waals surface area contributed by atoms with Gasteiger partial charge in [0.2, 0.25) is 5.91 Å². The van der Waals surface area contributed by atoms with E-state index in [4.69, 9.17) is 4.74 Å². The van der Waals surface area contributed by atoms with Crippen LogP contribution in [0, 0.1) is 11.7 Å². The van der Waals surface area contributed by atoms with Crippen molar-refractivity contribution in [2.24, 2.45) is 5.92 Å². The number of benzene rings is 2. The summed E-state index contributed by atoms with van der Waals surface area (Å²) in [6, 6.07) is 15.4. The predicted molar refractivity (Wildman–Crippen MR) is 114 cm³/mol. The molecule has 1 aliphatic heterocycles. The van der Waals surface area contributed by atoms with Crippen molar-refractivity contribution in [2.75, 3.05) is 30.4 Å². The summed E-state index contributed by atoms with van der Waals surface area (Å²) in [7, 11) is 1.58. The first-order chi connectivity index (χ1) is 14.6. The van der Waals surface area contributed by atoms with Crippen molar-refractivity contribution < 1.29 is 13.9 Å². The fourth-order valence-electron chi connectivity index (χ4n) is 3.67. The second kappa shape index (κ2) is 8.90. The third kappa shape index (κ3) is 4.40. The summed E-state index contributed by atoms with van der Waals surface area (Å²) in [6.07, 6.45) is 3.35. The molecule has 6 nitrogen and oxygen atoms in total. The zero-order valence-corrected chi connectivity index (χ0v) is 16.7. The average Bonchev–Trinajstić information content (AvgIpc) is 2.79. The number of rotatable bonds is 5. The minimum Gasteiger partial charge on any atom is -0.495 e. The highest BCUT2D eigenvalue weighted by atomic mass is 19.1. The van der Waals surface area contributed by atoms with Crippen LogP contribution >= 0.6 is 0 Å². The second-order valence-electron chi connectivity index (χ2n) is 7.22. The van der Waals surface area contributed by atoms with Crippen LogP contribution in [-0.2, 0) is 4.79 Å². The molecule has 2 aromatic carbocycles. The fraction of sp³-hybridized carbons (Fsp3) is 0.261. The van der Waals surface area contributed by atoms with Crippen molar-refractivity contribution in [3.05, 3.63) is 66.6 Å². The summed E-state index contributed by atoms with van der Waals surface area (Å²) in [4.78, 5) is 23.8. The van der Waals surface area contributed by atoms with E-state index in [1.165, 1.54) is 12.1 Å². The molecule has 1 N–H and O–H groups in total. The topological polar surface area (TPSA) is 67.3 Å². The third-order valence-corrected chi connectivity index (χ3v) is 5.20. The van der Waals surface area contributed by atoms with Crippen molar-refractivity contribution >= 4 is 17.4 Å². The molecule has 0 radical (unpaired) electrons. The van der Waals surface area contributed by atoms with Crippen molar-refractivity contribution in [1.82, 2.24) is 9.97 Å². The molecule has 7 heteroatoms. The Morgan fingerprint density at radius 1 is 1.20 bits per heavy atom. The molecule has 0 bridgehead atoms. The van der Waals surface area contributed by atoms with Gasteiger partial charge in [-0.1, -0.05) is 24.3 Å². The van der Waals surface area contributed by atoms with Crippen LogP contribution < -0.4 is 15.0 Å². The molecule has 3 aromatic rings. The largest absolute Gasteiger partial charge is 0.495 e. The van der Waals surface area contributed by atoms with Crippen molar-refractivity contribution in [2.45, 2.75) is 12.8 Å². The highest BCUT2D eigenvalue weighted by molar-refractivity contribution is 5.94. The van der Waals surface area contributed by atoms with E-state index in [0.29, 0.717) is 29.4 Å². The van der Waals surface area contributed by atoms with Gasteiger partial charge in [-0.05, 0) is 43.2 Å². The first-order valence-corrected chi connectivity index (χ1v) is 9.92. The standard InChI is InChI=1S/C23H23FN4O2/c1-30-20-10-3-2-9-19(20)26-23(29)17-7-5-13-28(15-17)21-11-12-25-22(27-21)16-6-4-8-18(24)14-16/h2-4,6,8-12,14,17H,5,7,13,15H2,1H3,(H,26,29). The van der Waals surface area contributed by atoms with Crippen LogP contribution in [0.1, 0.15) is 12.8 Å². The normalized spacial score (nSPS) is 16.2. The monoisotopic (exact) mass is 406 g/mol. The Hall–Kier alpha value is -3.48. The summed E-state index contributed by atoms with van der Waals surface area (Å²) in [5.74, 6) is 1.30. The Balaban J connectivity index is 1.49. The zero-order chi connectivity index (χ0) is 20.9. The van der Waals surface area contributed by atoms with E-state index in [1.807, 2.05) is 30.3 Å². The smallest absolute Gasteiger partial charge is 0.229 e. The third-order valence-electron chi connectivity index (χ3n) is 5.20. The molecular formula is C23H23FN4O2. The molecule has 1 aliphatic rings. The van der Waals surface area contributed by atoms with E-state index in [2.05, 4.69) is 20.2 Å². The van der Waals surface area contributed by atoms with Crippen LogP contribution in [0.5, 0.6) is 5.75 Å². The van der Waals surface area contributed by atoms with E-state index < -0.39 is 0 Å². The molecule has 0 aliphatic carbocycles. The van der Waals surface area contributed by atoms with Crippen LogP contribution in [0.2, 0.25) is 0 Å². The summed E-state index contributed by atoms with van der Waals surface area (Å²) in [5, 5.41) is 2.98. The maximum absolute atomic E-state index is 13.6. The number of para-hydroxylation sites is 2. The molecule has 30 heavy (non-hydrogen) atoms. The summed E-state index contributed by atoms with van der Waals surface area (Å²) < 4.78 is 18.9. The molecule has 4 rings (SSSR count). The molecule has 1 aromatic heterocycles. The van der Waals surface area contributed by atoms with E-state index in [9.17, 15) is 9.18 Å². The number of hydrogen-bond donors (Lipinski definition) is 1. The Morgan fingerprint density at radius 3 is 2.90 bits per heavy atom. The molecule has 1 unspecified atom stereocenters. The Labute approximate surface area is 174 Å². The van der Waals surface area contributed by atoms with E-state index in [0.717, 1.165) is 25.2 Å². The first-order valence-electron chi connectivity index (χ1n) is 9.92. The summed E-state index contributed by atoms with van der Waals surface area (Å²) in [5.41, 5.74) is 1.29. The van der Waals surface area contributed by atoms with Gasteiger partial charge in [-0.25, -0.2) is 14.4 Å². The number of carbonyl (C=O) groups excluding carboxylic acids is 1. The number of aromatic nitrogens is 2. The average molecular weight is 406 g/mol. The van der Waals surface area contributed by atoms with E-state index in [1.54, 1.807) is 25.4 Å². The molecule has 154 valence electrons. The lowest BCUT2D eigenvalue weighted by molar-refractivity contribution is -0.120. The molecule has 2 heterocycles. The minimum atomic E-state index is -0.326. The predicted octanol–water partition coefficient (Wildman–Crippen LogP) is 4.15. The number of ether oxygens (including phenoxy) is 1. The highest BCUT2D eigenvalue weighted by Crippen LogP contribution is 2.27. The fourth-order valence-corrected chi connectivity index (χ4v) is 3.67. The Bertz CT molecular complexity index is 1040. The molecule has 1 amide bonds. The minimum absolute atomic E-state index is 0.0383. The number of hydrogen-bond acceptors (Lipinski definition) is 5. The van der Waals surface area contributed by atoms with Gasteiger partial charge in [-0.15, -0.1) is 0 Å². The van der Waals surface area contributed by atoms with Gasteiger partial charge in [0.05, 0.1) is 18.7 Å². The molecule has 1 saturated heterocycles. The molecule has 0 spiro atoms. The van der Waals surface area contributed by atoms with E-state index >= 15 is 0 Å². The van der Waals surface area contributed by atoms with Gasteiger partial charge in [0.1, 0.15) is 17.4 Å². The lowest BCUT2D eigenvalue weighted by Crippen LogP contribution is -2.41. The number of methoxy groups -OCH3 is 1. The number of halogens is 1. The molecule has 1 atom stereocenters. The number of nitrogens with one attached hydrogen (secondary N) is 1. The molecular weight excluding hydrogens is 383 g/mol. The summed E-state index contributed by atoms with van der Waals surface area (Å²) in [6.45, 7) is 1.36. The Morgan fingerprint density at radius 2 is 2.07 bits per heavy atom. The number of piperidine rings is 1. The molecule has 0 saturated carbocycles. The SMILES string of the molecule is COc1ccccc1NC(=O)C1CCCN(c2ccnc(-c3cccc(F)c3)n2)C1. The van der Waals surface area contributed by atoms with E-state index in [-0.39, 0.29) is 17.6 Å². The van der Waals surface area contributed by atoms with Crippen LogP contribution in [-0.4, -0.2) is 36.1 Å². The summed E-state index contributed by atoms with van der Waals surface area (Å²) >= 11 is 0. The molecule has 1 fully saturated rings. The van der Waals surface area contributed by atoms with Crippen molar-refractivity contribution in [1.29, 1.82) is 0 Å². The lowest BCUT2D eigenvalue weighted by atomic mass is 9.97. The maximum atomic E-state index is 13.6. The van der Waals surface area contributed by atoms with Crippen molar-refractivity contribution in [3.8, 4) is 17.1 Å². The van der Waals surface area contributed by atoms with Gasteiger partial charge >= 0.3 is 0 Å². The van der Waals surface area contributed by atoms with Gasteiger partial charge in [0.15, 0.2) is 5.82 Å². The van der Waals surface area contributed by atoms with Gasteiger partial charge in [-0.3, -0.25) is 4.79 Å². The Kier molecular flexibility index (Phi) is 5.88. The lowest BCUT2D eigenvalue weighted by Gasteiger charge is -2.33. The number of amides is 1. The number of nitrogens with zero attached hydrogens (tertiary/aromatic N) is 3. The maximum Gasteiger partial charge on any atom is 0.229 e. The first kappa shape index (κ1) is 19.8. The zero-order valence-electron chi connectivity index (χ0n) is 16.7. The number of carbonyl (C=O) groups is 1. The van der Waals surface area contributed by atoms with Crippen molar-refractivity contribution in [3.63, 3.8) is 0 Å². The highest BCUT2D eigenvalue weighted by Gasteiger charge is 2.27. The van der Waals surface area contributed by atoms with Crippen LogP contribution in [0.15, 0.2) is 60.8 Å². The quantitative estimate of drug-likeness (QED) is 0.690. The van der Waals surface area contributed by atoms with Gasteiger partial charge in [0.25, 0.3) is 0 Å². The van der Waals surface area contributed by atoms with Crippen LogP contribution in [0.4, 0.5) is 15.9 Å². The van der Waals surface area contributed by atoms with Gasteiger partial charge in [-0.2, -0.15) is 0 Å². The van der Waals surface area contributed by atoms with Crippen LogP contribution in [0.25, 0.3) is 11.4 Å². The number of anilines is 2. The van der Waals surface area contributed by atoms with Gasteiger partial charge in [0, 0.05) is 24.8 Å².